The smallest absolute Gasteiger partial charge is 0.490 e. The number of carbonyl (C=O) groups is 1. The summed E-state index contributed by atoms with van der Waals surface area (Å²) in [4.78, 5) is 8.90. The van der Waals surface area contributed by atoms with Crippen molar-refractivity contribution in [1.82, 2.24) is 5.32 Å². The molecule has 0 aliphatic carbocycles. The van der Waals surface area contributed by atoms with Gasteiger partial charge in [-0.3, -0.25) is 0 Å². The third-order valence-corrected chi connectivity index (χ3v) is 4.42. The molecule has 0 aromatic heterocycles. The topological polar surface area (TPSA) is 95.6 Å². The molecule has 1 saturated heterocycles. The van der Waals surface area contributed by atoms with Gasteiger partial charge in [0.05, 0.1) is 0 Å². The van der Waals surface area contributed by atoms with Crippen LogP contribution in [0, 0.1) is 5.92 Å². The summed E-state index contributed by atoms with van der Waals surface area (Å²) in [6.45, 7) is 2.04. The summed E-state index contributed by atoms with van der Waals surface area (Å²) in [5, 5.41) is 22.9. The molecule has 3 rings (SSSR count). The maximum absolute atomic E-state index is 10.6. The van der Waals surface area contributed by atoms with E-state index in [2.05, 4.69) is 11.4 Å². The van der Waals surface area contributed by atoms with Gasteiger partial charge in [-0.15, -0.1) is 0 Å². The predicted molar refractivity (Wildman–Crippen MR) is 91.8 cm³/mol. The zero-order chi connectivity index (χ0) is 19.3. The molecule has 1 unspecified atom stereocenters. The van der Waals surface area contributed by atoms with Crippen LogP contribution in [0.15, 0.2) is 36.4 Å². The second-order valence-electron chi connectivity index (χ2n) is 6.14. The van der Waals surface area contributed by atoms with E-state index in [-0.39, 0.29) is 6.04 Å². The van der Waals surface area contributed by atoms with Crippen molar-refractivity contribution < 1.29 is 28.2 Å². The molecule has 0 amide bonds. The van der Waals surface area contributed by atoms with Crippen LogP contribution in [0.5, 0.6) is 5.75 Å². The summed E-state index contributed by atoms with van der Waals surface area (Å²) in [6, 6.07) is 11.7. The van der Waals surface area contributed by atoms with Gasteiger partial charge in [0.15, 0.2) is 0 Å². The molecule has 8 heteroatoms. The van der Waals surface area contributed by atoms with Gasteiger partial charge in [-0.05, 0) is 48.7 Å². The van der Waals surface area contributed by atoms with Gasteiger partial charge in [-0.25, -0.2) is 4.79 Å². The Morgan fingerprint density at radius 1 is 1.15 bits per heavy atom. The van der Waals surface area contributed by atoms with E-state index in [0.717, 1.165) is 42.3 Å². The van der Waals surface area contributed by atoms with Crippen LogP contribution < -0.4 is 11.1 Å². The standard InChI is InChI=1S/C16H20N2O.C2HF3O2/c17-16(12-7-9-18-10-8-12)15-13-4-2-1-3-11(13)5-6-14(15)19;3-2(4,5)1(6)7/h1-6,12,16,18-19H,7-10,17H2;(H,6,7). The lowest BCUT2D eigenvalue weighted by Gasteiger charge is -2.29. The summed E-state index contributed by atoms with van der Waals surface area (Å²) >= 11 is 0. The number of carboxylic acids is 1. The van der Waals surface area contributed by atoms with Crippen molar-refractivity contribution in [3.05, 3.63) is 42.0 Å². The van der Waals surface area contributed by atoms with E-state index in [9.17, 15) is 18.3 Å². The van der Waals surface area contributed by atoms with Gasteiger partial charge < -0.3 is 21.3 Å². The molecule has 2 aromatic carbocycles. The monoisotopic (exact) mass is 370 g/mol. The Kier molecular flexibility index (Phi) is 6.44. The third kappa shape index (κ3) is 4.86. The lowest BCUT2D eigenvalue weighted by atomic mass is 9.84. The molecular formula is C18H21F3N2O3. The first-order valence-corrected chi connectivity index (χ1v) is 8.19. The highest BCUT2D eigenvalue weighted by Crippen LogP contribution is 2.37. The number of carboxylic acid groups (broad SMARTS) is 1. The number of phenols is 1. The van der Waals surface area contributed by atoms with Crippen LogP contribution in [-0.4, -0.2) is 35.4 Å². The van der Waals surface area contributed by atoms with E-state index in [0.29, 0.717) is 11.7 Å². The number of piperidine rings is 1. The largest absolute Gasteiger partial charge is 0.508 e. The van der Waals surface area contributed by atoms with Crippen molar-refractivity contribution in [3.8, 4) is 5.75 Å². The van der Waals surface area contributed by atoms with Crippen molar-refractivity contribution in [1.29, 1.82) is 0 Å². The minimum absolute atomic E-state index is 0.0896. The van der Waals surface area contributed by atoms with Gasteiger partial charge in [0, 0.05) is 11.6 Å². The van der Waals surface area contributed by atoms with Crippen LogP contribution in [0.2, 0.25) is 0 Å². The van der Waals surface area contributed by atoms with Crippen LogP contribution in [0.1, 0.15) is 24.4 Å². The normalized spacial score (nSPS) is 16.6. The number of alkyl halides is 3. The minimum atomic E-state index is -5.08. The zero-order valence-electron chi connectivity index (χ0n) is 14.0. The zero-order valence-corrected chi connectivity index (χ0v) is 14.0. The van der Waals surface area contributed by atoms with Gasteiger partial charge in [-0.2, -0.15) is 13.2 Å². The molecule has 0 spiro atoms. The second kappa shape index (κ2) is 8.37. The Morgan fingerprint density at radius 2 is 1.73 bits per heavy atom. The van der Waals surface area contributed by atoms with Crippen molar-refractivity contribution in [3.63, 3.8) is 0 Å². The maximum atomic E-state index is 10.6. The number of benzene rings is 2. The summed E-state index contributed by atoms with van der Waals surface area (Å²) in [6.07, 6.45) is -2.94. The molecule has 5 nitrogen and oxygen atoms in total. The predicted octanol–water partition coefficient (Wildman–Crippen LogP) is 3.18. The molecule has 1 heterocycles. The number of hydrogen-bond acceptors (Lipinski definition) is 4. The molecule has 1 aliphatic heterocycles. The number of fused-ring (bicyclic) bond motifs is 1. The van der Waals surface area contributed by atoms with E-state index >= 15 is 0 Å². The van der Waals surface area contributed by atoms with Crippen molar-refractivity contribution in [2.75, 3.05) is 13.1 Å². The third-order valence-electron chi connectivity index (χ3n) is 4.42. The van der Waals surface area contributed by atoms with E-state index in [1.165, 1.54) is 0 Å². The van der Waals surface area contributed by atoms with E-state index in [1.807, 2.05) is 24.3 Å². The van der Waals surface area contributed by atoms with Crippen molar-refractivity contribution >= 4 is 16.7 Å². The number of halogens is 3. The average molecular weight is 370 g/mol. The first-order valence-electron chi connectivity index (χ1n) is 8.19. The summed E-state index contributed by atoms with van der Waals surface area (Å²) in [5.74, 6) is -1.99. The Morgan fingerprint density at radius 3 is 2.31 bits per heavy atom. The van der Waals surface area contributed by atoms with Gasteiger partial charge in [-0.1, -0.05) is 30.3 Å². The molecule has 1 fully saturated rings. The second-order valence-corrected chi connectivity index (χ2v) is 6.14. The fraction of sp³-hybridized carbons (Fsp3) is 0.389. The molecule has 26 heavy (non-hydrogen) atoms. The van der Waals surface area contributed by atoms with Crippen LogP contribution in [-0.2, 0) is 4.79 Å². The summed E-state index contributed by atoms with van der Waals surface area (Å²) in [5.41, 5.74) is 7.36. The van der Waals surface area contributed by atoms with Crippen molar-refractivity contribution in [2.45, 2.75) is 25.1 Å². The van der Waals surface area contributed by atoms with E-state index in [1.54, 1.807) is 6.07 Å². The molecular weight excluding hydrogens is 349 g/mol. The first kappa shape index (κ1) is 20.0. The number of aromatic hydroxyl groups is 1. The lowest BCUT2D eigenvalue weighted by Crippen LogP contribution is -2.33. The van der Waals surface area contributed by atoms with Crippen LogP contribution in [0.25, 0.3) is 10.8 Å². The molecule has 1 aliphatic rings. The molecule has 1 atom stereocenters. The van der Waals surface area contributed by atoms with Gasteiger partial charge in [0.25, 0.3) is 0 Å². The molecule has 0 saturated carbocycles. The molecule has 2 aromatic rings. The lowest BCUT2D eigenvalue weighted by molar-refractivity contribution is -0.192. The highest BCUT2D eigenvalue weighted by atomic mass is 19.4. The highest BCUT2D eigenvalue weighted by molar-refractivity contribution is 5.88. The van der Waals surface area contributed by atoms with E-state index < -0.39 is 12.1 Å². The average Bonchev–Trinajstić information content (AvgIpc) is 2.61. The SMILES string of the molecule is NC(c1c(O)ccc2ccccc12)C1CCNCC1.O=C(O)C(F)(F)F. The summed E-state index contributed by atoms with van der Waals surface area (Å²) < 4.78 is 31.7. The molecule has 0 bridgehead atoms. The number of nitrogens with two attached hydrogens (primary N) is 1. The fourth-order valence-corrected chi connectivity index (χ4v) is 3.07. The Labute approximate surface area is 148 Å². The van der Waals surface area contributed by atoms with Gasteiger partial charge in [0.1, 0.15) is 5.75 Å². The molecule has 5 N–H and O–H groups in total. The van der Waals surface area contributed by atoms with Crippen LogP contribution in [0.4, 0.5) is 13.2 Å². The number of nitrogens with one attached hydrogen (secondary N) is 1. The molecule has 142 valence electrons. The number of rotatable bonds is 2. The molecule has 0 radical (unpaired) electrons. The quantitative estimate of drug-likeness (QED) is 0.651. The summed E-state index contributed by atoms with van der Waals surface area (Å²) in [7, 11) is 0. The number of phenolic OH excluding ortho intramolecular Hbond substituents is 1. The van der Waals surface area contributed by atoms with Gasteiger partial charge >= 0.3 is 12.1 Å². The Balaban J connectivity index is 0.000000298. The van der Waals surface area contributed by atoms with Crippen LogP contribution in [0.3, 0.4) is 0 Å². The Hall–Kier alpha value is -2.32. The van der Waals surface area contributed by atoms with Crippen molar-refractivity contribution in [2.24, 2.45) is 11.7 Å². The minimum Gasteiger partial charge on any atom is -0.508 e. The Bertz CT molecular complexity index is 759. The van der Waals surface area contributed by atoms with Crippen LogP contribution >= 0.6 is 0 Å². The van der Waals surface area contributed by atoms with E-state index in [4.69, 9.17) is 15.6 Å². The number of hydrogen-bond donors (Lipinski definition) is 4. The first-order chi connectivity index (χ1) is 12.2. The number of aliphatic carboxylic acids is 1. The maximum Gasteiger partial charge on any atom is 0.490 e. The fourth-order valence-electron chi connectivity index (χ4n) is 3.07. The highest BCUT2D eigenvalue weighted by Gasteiger charge is 2.38. The van der Waals surface area contributed by atoms with Gasteiger partial charge in [0.2, 0.25) is 0 Å².